The molecule has 3 rings (SSSR count). The quantitative estimate of drug-likeness (QED) is 0.783. The van der Waals surface area contributed by atoms with E-state index in [1.165, 1.54) is 17.3 Å². The molecule has 96 valence electrons. The predicted octanol–water partition coefficient (Wildman–Crippen LogP) is 2.24. The van der Waals surface area contributed by atoms with Gasteiger partial charge in [-0.3, -0.25) is 9.78 Å². The van der Waals surface area contributed by atoms with Crippen LogP contribution in [-0.4, -0.2) is 27.3 Å². The van der Waals surface area contributed by atoms with E-state index in [0.29, 0.717) is 5.69 Å². The van der Waals surface area contributed by atoms with Crippen LogP contribution in [-0.2, 0) is 6.42 Å². The molecule has 0 spiro atoms. The molecule has 0 aliphatic carbocycles. The summed E-state index contributed by atoms with van der Waals surface area (Å²) in [5.41, 5.74) is 2.97. The van der Waals surface area contributed by atoms with Crippen molar-refractivity contribution in [2.24, 2.45) is 0 Å². The van der Waals surface area contributed by atoms with Crippen LogP contribution in [0.4, 0.5) is 0 Å². The molecule has 0 saturated heterocycles. The first kappa shape index (κ1) is 11.8. The van der Waals surface area contributed by atoms with Crippen molar-refractivity contribution < 1.29 is 4.79 Å². The van der Waals surface area contributed by atoms with Crippen molar-refractivity contribution in [1.82, 2.24) is 14.9 Å². The fraction of sp³-hybridized carbons (Fsp3) is 0.267. The number of rotatable bonds is 1. The largest absolute Gasteiger partial charge is 0.330 e. The Morgan fingerprint density at radius 2 is 2.16 bits per heavy atom. The molecule has 4 heteroatoms. The summed E-state index contributed by atoms with van der Waals surface area (Å²) in [6.07, 6.45) is 5.55. The lowest BCUT2D eigenvalue weighted by Crippen LogP contribution is -2.39. The van der Waals surface area contributed by atoms with Crippen molar-refractivity contribution in [2.45, 2.75) is 19.4 Å². The van der Waals surface area contributed by atoms with Gasteiger partial charge in [0, 0.05) is 18.9 Å². The van der Waals surface area contributed by atoms with Gasteiger partial charge in [-0.15, -0.1) is 0 Å². The Kier molecular flexibility index (Phi) is 2.99. The molecule has 0 N–H and O–H groups in total. The number of benzene rings is 1. The summed E-state index contributed by atoms with van der Waals surface area (Å²) in [5.74, 6) is -0.0462. The molecular formula is C15H15N3O. The van der Waals surface area contributed by atoms with Crippen LogP contribution in [0.2, 0.25) is 0 Å². The van der Waals surface area contributed by atoms with Gasteiger partial charge in [0.15, 0.2) is 0 Å². The Morgan fingerprint density at radius 3 is 2.95 bits per heavy atom. The summed E-state index contributed by atoms with van der Waals surface area (Å²) in [4.78, 5) is 22.4. The van der Waals surface area contributed by atoms with Gasteiger partial charge < -0.3 is 4.90 Å². The van der Waals surface area contributed by atoms with Crippen LogP contribution in [0, 0.1) is 0 Å². The van der Waals surface area contributed by atoms with Gasteiger partial charge in [-0.1, -0.05) is 24.3 Å². The maximum Gasteiger partial charge on any atom is 0.274 e. The maximum atomic E-state index is 12.4. The maximum absolute atomic E-state index is 12.4. The Hall–Kier alpha value is -2.23. The van der Waals surface area contributed by atoms with Gasteiger partial charge >= 0.3 is 0 Å². The predicted molar refractivity (Wildman–Crippen MR) is 71.6 cm³/mol. The molecule has 0 saturated carbocycles. The number of hydrogen-bond acceptors (Lipinski definition) is 3. The highest BCUT2D eigenvalue weighted by Crippen LogP contribution is 2.29. The second-order valence-electron chi connectivity index (χ2n) is 4.71. The van der Waals surface area contributed by atoms with Crippen LogP contribution in [0.25, 0.3) is 0 Å². The highest BCUT2D eigenvalue weighted by Gasteiger charge is 2.28. The number of aromatic nitrogens is 2. The molecule has 4 nitrogen and oxygen atoms in total. The molecule has 1 atom stereocenters. The summed E-state index contributed by atoms with van der Waals surface area (Å²) in [7, 11) is 0. The Bertz CT molecular complexity index is 597. The summed E-state index contributed by atoms with van der Waals surface area (Å²) in [6, 6.07) is 8.38. The zero-order chi connectivity index (χ0) is 13.2. The minimum atomic E-state index is -0.0462. The van der Waals surface area contributed by atoms with E-state index in [9.17, 15) is 4.79 Å². The molecule has 19 heavy (non-hydrogen) atoms. The van der Waals surface area contributed by atoms with Crippen LogP contribution in [0.5, 0.6) is 0 Å². The molecule has 0 fully saturated rings. The van der Waals surface area contributed by atoms with Gasteiger partial charge in [0.2, 0.25) is 0 Å². The number of nitrogens with zero attached hydrogens (tertiary/aromatic N) is 3. The Labute approximate surface area is 112 Å². The summed E-state index contributed by atoms with van der Waals surface area (Å²) < 4.78 is 0. The van der Waals surface area contributed by atoms with Crippen LogP contribution in [0.15, 0.2) is 42.9 Å². The highest BCUT2D eigenvalue weighted by molar-refractivity contribution is 5.92. The number of carbonyl (C=O) groups is 1. The van der Waals surface area contributed by atoms with Crippen LogP contribution >= 0.6 is 0 Å². The molecule has 1 aromatic carbocycles. The molecule has 1 aliphatic rings. The van der Waals surface area contributed by atoms with Crippen molar-refractivity contribution in [2.75, 3.05) is 6.54 Å². The van der Waals surface area contributed by atoms with Crippen LogP contribution < -0.4 is 0 Å². The van der Waals surface area contributed by atoms with Crippen molar-refractivity contribution in [3.05, 3.63) is 59.7 Å². The van der Waals surface area contributed by atoms with Gasteiger partial charge in [0.1, 0.15) is 5.69 Å². The number of hydrogen-bond donors (Lipinski definition) is 0. The molecule has 1 amide bonds. The van der Waals surface area contributed by atoms with Gasteiger partial charge in [-0.25, -0.2) is 4.98 Å². The van der Waals surface area contributed by atoms with Gasteiger partial charge in [0.25, 0.3) is 5.91 Å². The second kappa shape index (κ2) is 4.80. The second-order valence-corrected chi connectivity index (χ2v) is 4.71. The van der Waals surface area contributed by atoms with Crippen molar-refractivity contribution in [1.29, 1.82) is 0 Å². The van der Waals surface area contributed by atoms with E-state index in [1.54, 1.807) is 12.4 Å². The lowest BCUT2D eigenvalue weighted by Gasteiger charge is -2.35. The Morgan fingerprint density at radius 1 is 1.32 bits per heavy atom. The topological polar surface area (TPSA) is 46.1 Å². The highest BCUT2D eigenvalue weighted by atomic mass is 16.2. The minimum Gasteiger partial charge on any atom is -0.330 e. The third-order valence-electron chi connectivity index (χ3n) is 3.64. The molecule has 0 bridgehead atoms. The minimum absolute atomic E-state index is 0.0462. The lowest BCUT2D eigenvalue weighted by molar-refractivity contribution is 0.0671. The van der Waals surface area contributed by atoms with Gasteiger partial charge in [0.05, 0.1) is 12.2 Å². The zero-order valence-corrected chi connectivity index (χ0v) is 10.8. The van der Waals surface area contributed by atoms with Crippen molar-refractivity contribution in [3.8, 4) is 0 Å². The third-order valence-corrected chi connectivity index (χ3v) is 3.64. The molecule has 0 radical (unpaired) electrons. The smallest absolute Gasteiger partial charge is 0.274 e. The first-order chi connectivity index (χ1) is 9.27. The van der Waals surface area contributed by atoms with E-state index >= 15 is 0 Å². The van der Waals surface area contributed by atoms with Crippen LogP contribution in [0.1, 0.15) is 34.6 Å². The fourth-order valence-corrected chi connectivity index (χ4v) is 2.61. The van der Waals surface area contributed by atoms with E-state index in [-0.39, 0.29) is 11.9 Å². The molecule has 1 aliphatic heterocycles. The first-order valence-electron chi connectivity index (χ1n) is 6.42. The SMILES string of the molecule is CC1c2ccccc2CCN1C(=O)c1cnccn1. The van der Waals surface area contributed by atoms with Crippen LogP contribution in [0.3, 0.4) is 0 Å². The molecular weight excluding hydrogens is 238 g/mol. The van der Waals surface area contributed by atoms with E-state index in [4.69, 9.17) is 0 Å². The zero-order valence-electron chi connectivity index (χ0n) is 10.8. The standard InChI is InChI=1S/C15H15N3O/c1-11-13-5-3-2-4-12(13)6-9-18(11)15(19)14-10-16-7-8-17-14/h2-5,7-8,10-11H,6,9H2,1H3. The van der Waals surface area contributed by atoms with E-state index in [0.717, 1.165) is 13.0 Å². The molecule has 2 aromatic rings. The number of carbonyl (C=O) groups excluding carboxylic acids is 1. The number of amides is 1. The Balaban J connectivity index is 1.90. The van der Waals surface area contributed by atoms with Crippen molar-refractivity contribution >= 4 is 5.91 Å². The fourth-order valence-electron chi connectivity index (χ4n) is 2.61. The molecule has 1 unspecified atom stereocenters. The first-order valence-corrected chi connectivity index (χ1v) is 6.42. The normalized spacial score (nSPS) is 17.9. The summed E-state index contributed by atoms with van der Waals surface area (Å²) >= 11 is 0. The summed E-state index contributed by atoms with van der Waals surface area (Å²) in [5, 5.41) is 0. The average Bonchev–Trinajstić information content (AvgIpc) is 2.48. The van der Waals surface area contributed by atoms with E-state index in [2.05, 4.69) is 29.0 Å². The van der Waals surface area contributed by atoms with Gasteiger partial charge in [-0.2, -0.15) is 0 Å². The summed E-state index contributed by atoms with van der Waals surface area (Å²) in [6.45, 7) is 2.79. The van der Waals surface area contributed by atoms with Gasteiger partial charge in [-0.05, 0) is 24.5 Å². The van der Waals surface area contributed by atoms with E-state index < -0.39 is 0 Å². The molecule has 1 aromatic heterocycles. The van der Waals surface area contributed by atoms with Crippen molar-refractivity contribution in [3.63, 3.8) is 0 Å². The average molecular weight is 253 g/mol. The monoisotopic (exact) mass is 253 g/mol. The molecule has 2 heterocycles. The third kappa shape index (κ3) is 2.10. The number of fused-ring (bicyclic) bond motifs is 1. The lowest BCUT2D eigenvalue weighted by atomic mass is 9.93. The van der Waals surface area contributed by atoms with E-state index in [1.807, 2.05) is 17.0 Å².